The third-order valence-electron chi connectivity index (χ3n) is 4.23. The van der Waals surface area contributed by atoms with E-state index in [1.165, 1.54) is 6.33 Å². The normalized spacial score (nSPS) is 16.0. The molecule has 0 spiro atoms. The second-order valence-electron chi connectivity index (χ2n) is 5.99. The van der Waals surface area contributed by atoms with Gasteiger partial charge in [-0.25, -0.2) is 4.68 Å². The van der Waals surface area contributed by atoms with Crippen LogP contribution >= 0.6 is 34.8 Å². The van der Waals surface area contributed by atoms with Crippen molar-refractivity contribution in [3.05, 3.63) is 68.9 Å². The smallest absolute Gasteiger partial charge is 0.229 e. The van der Waals surface area contributed by atoms with Crippen molar-refractivity contribution in [3.63, 3.8) is 0 Å². The Balaban J connectivity index is 1.61. The number of hydrogen-bond donors (Lipinski definition) is 1. The third-order valence-corrected chi connectivity index (χ3v) is 5.16. The summed E-state index contributed by atoms with van der Waals surface area (Å²) in [5.41, 5.74) is 1.57. The molecular formula is C18H13Cl3N4O2. The zero-order valence-corrected chi connectivity index (χ0v) is 16.1. The Morgan fingerprint density at radius 3 is 2.63 bits per heavy atom. The van der Waals surface area contributed by atoms with E-state index in [1.807, 2.05) is 18.2 Å². The van der Waals surface area contributed by atoms with E-state index in [4.69, 9.17) is 39.5 Å². The van der Waals surface area contributed by atoms with Gasteiger partial charge >= 0.3 is 0 Å². The van der Waals surface area contributed by atoms with Gasteiger partial charge in [0.2, 0.25) is 11.9 Å². The first-order valence-electron chi connectivity index (χ1n) is 8.07. The van der Waals surface area contributed by atoms with Crippen LogP contribution in [-0.4, -0.2) is 20.7 Å². The van der Waals surface area contributed by atoms with Crippen LogP contribution in [0.5, 0.6) is 5.75 Å². The van der Waals surface area contributed by atoms with Crippen molar-refractivity contribution >= 4 is 46.7 Å². The monoisotopic (exact) mass is 422 g/mol. The van der Waals surface area contributed by atoms with E-state index < -0.39 is 0 Å². The van der Waals surface area contributed by atoms with Crippen molar-refractivity contribution in [1.82, 2.24) is 14.8 Å². The lowest BCUT2D eigenvalue weighted by Crippen LogP contribution is -2.29. The molecule has 2 heterocycles. The molecule has 1 aromatic heterocycles. The van der Waals surface area contributed by atoms with Crippen molar-refractivity contribution in [1.29, 1.82) is 0 Å². The van der Waals surface area contributed by atoms with Gasteiger partial charge in [-0.15, -0.1) is 0 Å². The van der Waals surface area contributed by atoms with E-state index >= 15 is 0 Å². The zero-order chi connectivity index (χ0) is 19.0. The van der Waals surface area contributed by atoms with Gasteiger partial charge < -0.3 is 4.74 Å². The predicted molar refractivity (Wildman–Crippen MR) is 104 cm³/mol. The number of carbonyl (C=O) groups is 1. The third kappa shape index (κ3) is 3.60. The van der Waals surface area contributed by atoms with Gasteiger partial charge in [0.05, 0.1) is 22.5 Å². The van der Waals surface area contributed by atoms with Gasteiger partial charge in [0.1, 0.15) is 12.9 Å². The summed E-state index contributed by atoms with van der Waals surface area (Å²) in [5, 5.41) is 8.14. The molecule has 0 unspecified atom stereocenters. The van der Waals surface area contributed by atoms with Gasteiger partial charge in [0.15, 0.2) is 5.75 Å². The predicted octanol–water partition coefficient (Wildman–Crippen LogP) is 4.75. The summed E-state index contributed by atoms with van der Waals surface area (Å²) in [4.78, 5) is 16.0. The highest BCUT2D eigenvalue weighted by Gasteiger charge is 2.28. The van der Waals surface area contributed by atoms with Crippen molar-refractivity contribution in [2.45, 2.75) is 19.1 Å². The van der Waals surface area contributed by atoms with Crippen LogP contribution in [0.15, 0.2) is 42.7 Å². The zero-order valence-electron chi connectivity index (χ0n) is 13.8. The quantitative estimate of drug-likeness (QED) is 0.657. The van der Waals surface area contributed by atoms with Crippen molar-refractivity contribution in [2.75, 3.05) is 5.32 Å². The second kappa shape index (κ2) is 7.38. The standard InChI is InChI=1S/C18H13Cl3N4O2/c19-12-4-2-1-3-10(12)8-27-17-13(20)5-11(6-14(17)21)15-7-16(26)24-18-22-9-23-25(15)18/h1-6,9,15H,7-8H2,(H,22,23,24,26)/t15-/m0/s1. The SMILES string of the molecule is O=C1C[C@@H](c2cc(Cl)c(OCc3ccccc3Cl)c(Cl)c2)n2ncnc2N1. The van der Waals surface area contributed by atoms with Crippen LogP contribution in [0, 0.1) is 0 Å². The van der Waals surface area contributed by atoms with E-state index in [0.29, 0.717) is 26.8 Å². The summed E-state index contributed by atoms with van der Waals surface area (Å²) in [6, 6.07) is 10.5. The van der Waals surface area contributed by atoms with E-state index in [2.05, 4.69) is 15.4 Å². The highest BCUT2D eigenvalue weighted by molar-refractivity contribution is 6.37. The summed E-state index contributed by atoms with van der Waals surface area (Å²) in [6.07, 6.45) is 1.60. The van der Waals surface area contributed by atoms with Gasteiger partial charge in [-0.1, -0.05) is 53.0 Å². The van der Waals surface area contributed by atoms with Crippen LogP contribution < -0.4 is 10.1 Å². The fourth-order valence-corrected chi connectivity index (χ4v) is 3.74. The van der Waals surface area contributed by atoms with E-state index in [0.717, 1.165) is 11.1 Å². The Morgan fingerprint density at radius 2 is 1.89 bits per heavy atom. The molecule has 4 rings (SSSR count). The first-order chi connectivity index (χ1) is 13.0. The number of hydrogen-bond acceptors (Lipinski definition) is 4. The number of benzene rings is 2. The first kappa shape index (κ1) is 18.1. The molecule has 0 radical (unpaired) electrons. The Labute approximate surface area is 170 Å². The number of rotatable bonds is 4. The van der Waals surface area contributed by atoms with Crippen LogP contribution in [-0.2, 0) is 11.4 Å². The minimum atomic E-state index is -0.344. The molecule has 6 nitrogen and oxygen atoms in total. The van der Waals surface area contributed by atoms with Crippen LogP contribution in [0.25, 0.3) is 0 Å². The summed E-state index contributed by atoms with van der Waals surface area (Å²) in [6.45, 7) is 0.234. The lowest BCUT2D eigenvalue weighted by atomic mass is 10.0. The lowest BCUT2D eigenvalue weighted by molar-refractivity contribution is -0.117. The van der Waals surface area contributed by atoms with Crippen LogP contribution in [0.1, 0.15) is 23.6 Å². The summed E-state index contributed by atoms with van der Waals surface area (Å²) in [5.74, 6) is 0.607. The molecule has 27 heavy (non-hydrogen) atoms. The largest absolute Gasteiger partial charge is 0.486 e. The van der Waals surface area contributed by atoms with Gasteiger partial charge in [-0.2, -0.15) is 10.1 Å². The second-order valence-corrected chi connectivity index (χ2v) is 7.21. The average Bonchev–Trinajstić information content (AvgIpc) is 3.09. The highest BCUT2D eigenvalue weighted by Crippen LogP contribution is 2.39. The van der Waals surface area contributed by atoms with E-state index in [-0.39, 0.29) is 25.0 Å². The Kier molecular flexibility index (Phi) is 4.95. The molecule has 0 fully saturated rings. The van der Waals surface area contributed by atoms with Gasteiger partial charge in [-0.05, 0) is 23.8 Å². The number of fused-ring (bicyclic) bond motifs is 1. The molecule has 0 bridgehead atoms. The number of nitrogens with zero attached hydrogens (tertiary/aromatic N) is 3. The number of anilines is 1. The summed E-state index contributed by atoms with van der Waals surface area (Å²) in [7, 11) is 0. The van der Waals surface area contributed by atoms with E-state index in [9.17, 15) is 4.79 Å². The lowest BCUT2D eigenvalue weighted by Gasteiger charge is -2.24. The maximum atomic E-state index is 11.9. The number of amides is 1. The number of nitrogens with one attached hydrogen (secondary N) is 1. The summed E-state index contributed by atoms with van der Waals surface area (Å²) < 4.78 is 7.42. The van der Waals surface area contributed by atoms with Crippen molar-refractivity contribution in [3.8, 4) is 5.75 Å². The topological polar surface area (TPSA) is 69.0 Å². The minimum Gasteiger partial charge on any atom is -0.486 e. The molecule has 0 aliphatic carbocycles. The highest BCUT2D eigenvalue weighted by atomic mass is 35.5. The molecular weight excluding hydrogens is 411 g/mol. The molecule has 3 aromatic rings. The number of aromatic nitrogens is 3. The molecule has 1 atom stereocenters. The Bertz CT molecular complexity index is 998. The van der Waals surface area contributed by atoms with E-state index in [1.54, 1.807) is 22.9 Å². The minimum absolute atomic E-state index is 0.146. The van der Waals surface area contributed by atoms with Gasteiger partial charge in [0.25, 0.3) is 0 Å². The molecule has 9 heteroatoms. The van der Waals surface area contributed by atoms with Crippen LogP contribution in [0.4, 0.5) is 5.95 Å². The molecule has 1 aliphatic heterocycles. The van der Waals surface area contributed by atoms with Crippen LogP contribution in [0.3, 0.4) is 0 Å². The number of halogens is 3. The maximum absolute atomic E-state index is 11.9. The van der Waals surface area contributed by atoms with Gasteiger partial charge in [-0.3, -0.25) is 10.1 Å². The fraction of sp³-hybridized carbons (Fsp3) is 0.167. The number of ether oxygens (including phenoxy) is 1. The maximum Gasteiger partial charge on any atom is 0.229 e. The number of carbonyl (C=O) groups excluding carboxylic acids is 1. The molecule has 1 amide bonds. The van der Waals surface area contributed by atoms with Crippen molar-refractivity contribution < 1.29 is 9.53 Å². The average molecular weight is 424 g/mol. The van der Waals surface area contributed by atoms with Gasteiger partial charge in [0, 0.05) is 10.6 Å². The molecule has 1 aliphatic rings. The molecule has 0 saturated carbocycles. The fourth-order valence-electron chi connectivity index (χ4n) is 2.94. The van der Waals surface area contributed by atoms with Crippen LogP contribution in [0.2, 0.25) is 15.1 Å². The summed E-state index contributed by atoms with van der Waals surface area (Å²) >= 11 is 19.0. The molecule has 0 saturated heterocycles. The Morgan fingerprint density at radius 1 is 1.15 bits per heavy atom. The first-order valence-corrected chi connectivity index (χ1v) is 9.21. The molecule has 138 valence electrons. The van der Waals surface area contributed by atoms with Crippen molar-refractivity contribution in [2.24, 2.45) is 0 Å². The Hall–Kier alpha value is -2.28. The molecule has 1 N–H and O–H groups in total. The molecule has 2 aromatic carbocycles.